The van der Waals surface area contributed by atoms with E-state index in [-0.39, 0.29) is 5.56 Å². The van der Waals surface area contributed by atoms with E-state index in [1.54, 1.807) is 11.7 Å². The molecule has 3 heterocycles. The van der Waals surface area contributed by atoms with Gasteiger partial charge in [-0.3, -0.25) is 9.58 Å². The van der Waals surface area contributed by atoms with Crippen LogP contribution in [0.4, 0.5) is 8.78 Å². The van der Waals surface area contributed by atoms with E-state index in [1.165, 1.54) is 12.6 Å². The van der Waals surface area contributed by atoms with Crippen LogP contribution in [0.25, 0.3) is 0 Å². The summed E-state index contributed by atoms with van der Waals surface area (Å²) in [6.45, 7) is 5.72. The van der Waals surface area contributed by atoms with Crippen LogP contribution in [0.3, 0.4) is 0 Å². The molecule has 0 radical (unpaired) electrons. The second kappa shape index (κ2) is 5.32. The fourth-order valence-electron chi connectivity index (χ4n) is 3.53. The summed E-state index contributed by atoms with van der Waals surface area (Å²) in [5.74, 6) is -2.82. The van der Waals surface area contributed by atoms with Crippen LogP contribution >= 0.6 is 0 Å². The summed E-state index contributed by atoms with van der Waals surface area (Å²) >= 11 is 0. The van der Waals surface area contributed by atoms with Crippen molar-refractivity contribution in [3.8, 4) is 0 Å². The normalized spacial score (nSPS) is 23.0. The van der Waals surface area contributed by atoms with Crippen molar-refractivity contribution in [2.75, 3.05) is 26.2 Å². The molecule has 0 aromatic carbocycles. The Labute approximate surface area is 124 Å². The first-order valence-electron chi connectivity index (χ1n) is 7.72. The fraction of sp³-hybridized carbons (Fsp3) is 0.800. The molecule has 6 heteroatoms. The third-order valence-corrected chi connectivity index (χ3v) is 5.05. The lowest BCUT2D eigenvalue weighted by molar-refractivity contribution is 0.0156. The summed E-state index contributed by atoms with van der Waals surface area (Å²) in [4.78, 5) is 2.30. The van der Waals surface area contributed by atoms with Crippen molar-refractivity contribution in [1.29, 1.82) is 0 Å². The molecule has 21 heavy (non-hydrogen) atoms. The van der Waals surface area contributed by atoms with Crippen molar-refractivity contribution >= 4 is 0 Å². The summed E-state index contributed by atoms with van der Waals surface area (Å²) in [6, 6.07) is 0. The number of aromatic nitrogens is 2. The summed E-state index contributed by atoms with van der Waals surface area (Å²) in [5.41, 5.74) is 1.18. The molecule has 3 rings (SSSR count). The second-order valence-electron chi connectivity index (χ2n) is 6.75. The number of likely N-dealkylation sites (tertiary alicyclic amines) is 1. The number of rotatable bonds is 3. The third-order valence-electron chi connectivity index (χ3n) is 5.05. The van der Waals surface area contributed by atoms with Crippen LogP contribution in [-0.2, 0) is 19.5 Å². The predicted octanol–water partition coefficient (Wildman–Crippen LogP) is 2.11. The highest BCUT2D eigenvalue weighted by Gasteiger charge is 2.38. The first-order chi connectivity index (χ1) is 9.90. The number of nitrogens with one attached hydrogen (secondary N) is 1. The van der Waals surface area contributed by atoms with Crippen molar-refractivity contribution < 1.29 is 8.78 Å². The van der Waals surface area contributed by atoms with E-state index < -0.39 is 5.92 Å². The first-order valence-corrected chi connectivity index (χ1v) is 7.72. The Kier molecular flexibility index (Phi) is 3.78. The lowest BCUT2D eigenvalue weighted by Gasteiger charge is -2.42. The van der Waals surface area contributed by atoms with Gasteiger partial charge in [0.2, 0.25) is 0 Å². The molecule has 2 fully saturated rings. The average molecular weight is 298 g/mol. The van der Waals surface area contributed by atoms with Crippen molar-refractivity contribution in [1.82, 2.24) is 20.0 Å². The zero-order valence-corrected chi connectivity index (χ0v) is 12.8. The quantitative estimate of drug-likeness (QED) is 0.928. The molecule has 0 saturated carbocycles. The largest absolute Gasteiger partial charge is 0.316 e. The van der Waals surface area contributed by atoms with E-state index in [0.717, 1.165) is 45.9 Å². The zero-order valence-electron chi connectivity index (χ0n) is 12.8. The third kappa shape index (κ3) is 2.97. The maximum atomic E-state index is 13.7. The highest BCUT2D eigenvalue weighted by Crippen LogP contribution is 2.36. The van der Waals surface area contributed by atoms with Crippen LogP contribution < -0.4 is 5.32 Å². The van der Waals surface area contributed by atoms with Gasteiger partial charge < -0.3 is 5.32 Å². The van der Waals surface area contributed by atoms with Gasteiger partial charge in [0.25, 0.3) is 5.92 Å². The molecule has 0 bridgehead atoms. The first kappa shape index (κ1) is 14.9. The monoisotopic (exact) mass is 298 g/mol. The molecular weight excluding hydrogens is 274 g/mol. The van der Waals surface area contributed by atoms with E-state index in [0.29, 0.717) is 17.7 Å². The second-order valence-corrected chi connectivity index (χ2v) is 6.75. The highest BCUT2D eigenvalue weighted by molar-refractivity contribution is 5.22. The van der Waals surface area contributed by atoms with E-state index >= 15 is 0 Å². The number of nitrogens with zero attached hydrogens (tertiary/aromatic N) is 3. The smallest absolute Gasteiger partial charge is 0.273 e. The molecule has 1 N–H and O–H groups in total. The van der Waals surface area contributed by atoms with Gasteiger partial charge in [0.05, 0.1) is 17.5 Å². The Balaban J connectivity index is 1.70. The van der Waals surface area contributed by atoms with Crippen LogP contribution in [0.2, 0.25) is 0 Å². The molecule has 0 atom stereocenters. The molecule has 4 nitrogen and oxygen atoms in total. The highest BCUT2D eigenvalue weighted by atomic mass is 19.3. The van der Waals surface area contributed by atoms with E-state index in [9.17, 15) is 8.78 Å². The van der Waals surface area contributed by atoms with Gasteiger partial charge >= 0.3 is 0 Å². The number of hydrogen-bond donors (Lipinski definition) is 1. The Morgan fingerprint density at radius 1 is 1.33 bits per heavy atom. The van der Waals surface area contributed by atoms with E-state index in [4.69, 9.17) is 0 Å². The molecule has 0 aliphatic carbocycles. The van der Waals surface area contributed by atoms with Gasteiger partial charge in [-0.25, -0.2) is 8.78 Å². The van der Waals surface area contributed by atoms with Crippen LogP contribution in [0.1, 0.15) is 37.4 Å². The van der Waals surface area contributed by atoms with Gasteiger partial charge in [-0.1, -0.05) is 0 Å². The minimum absolute atomic E-state index is 0.0641. The van der Waals surface area contributed by atoms with Gasteiger partial charge in [0.1, 0.15) is 0 Å². The van der Waals surface area contributed by atoms with E-state index in [1.807, 2.05) is 0 Å². The number of hydrogen-bond acceptors (Lipinski definition) is 3. The minimum atomic E-state index is -2.82. The summed E-state index contributed by atoms with van der Waals surface area (Å²) in [7, 11) is 1.75. The molecule has 2 saturated heterocycles. The van der Waals surface area contributed by atoms with E-state index in [2.05, 4.69) is 15.3 Å². The molecule has 0 unspecified atom stereocenters. The summed E-state index contributed by atoms with van der Waals surface area (Å²) < 4.78 is 28.9. The molecule has 1 spiro atoms. The SMILES string of the molecule is Cn1ncc(C(C)(F)F)c1CN1CCCC2(CC1)CNC2. The maximum absolute atomic E-state index is 13.7. The fourth-order valence-corrected chi connectivity index (χ4v) is 3.53. The van der Waals surface area contributed by atoms with Gasteiger partial charge in [-0.15, -0.1) is 0 Å². The van der Waals surface area contributed by atoms with Crippen LogP contribution in [-0.4, -0.2) is 40.9 Å². The maximum Gasteiger partial charge on any atom is 0.273 e. The van der Waals surface area contributed by atoms with Gasteiger partial charge in [-0.2, -0.15) is 5.10 Å². The molecule has 1 aromatic rings. The summed E-state index contributed by atoms with van der Waals surface area (Å²) in [5, 5.41) is 7.39. The molecular formula is C15H24F2N4. The Morgan fingerprint density at radius 2 is 2.10 bits per heavy atom. The number of halogens is 2. The lowest BCUT2D eigenvalue weighted by Crippen LogP contribution is -2.53. The van der Waals surface area contributed by atoms with Gasteiger partial charge in [0, 0.05) is 33.6 Å². The van der Waals surface area contributed by atoms with Crippen molar-refractivity contribution in [3.63, 3.8) is 0 Å². The summed E-state index contributed by atoms with van der Waals surface area (Å²) in [6.07, 6.45) is 4.87. The zero-order chi connectivity index (χ0) is 15.1. The van der Waals surface area contributed by atoms with Crippen molar-refractivity contribution in [3.05, 3.63) is 17.5 Å². The Bertz CT molecular complexity index is 502. The number of alkyl halides is 2. The van der Waals surface area contributed by atoms with Crippen molar-refractivity contribution in [2.24, 2.45) is 12.5 Å². The average Bonchev–Trinajstić information content (AvgIpc) is 2.59. The standard InChI is InChI=1S/C15H24F2N4/c1-14(16,17)12-8-19-20(2)13(12)9-21-6-3-4-15(5-7-21)10-18-11-15/h8,18H,3-7,9-11H2,1-2H3. The van der Waals surface area contributed by atoms with Crippen LogP contribution in [0, 0.1) is 5.41 Å². The molecule has 1 aromatic heterocycles. The minimum Gasteiger partial charge on any atom is -0.316 e. The molecule has 2 aliphatic rings. The predicted molar refractivity (Wildman–Crippen MR) is 77.2 cm³/mol. The van der Waals surface area contributed by atoms with Crippen LogP contribution in [0.5, 0.6) is 0 Å². The molecule has 0 amide bonds. The van der Waals surface area contributed by atoms with Gasteiger partial charge in [0.15, 0.2) is 0 Å². The lowest BCUT2D eigenvalue weighted by atomic mass is 9.75. The topological polar surface area (TPSA) is 33.1 Å². The number of aryl methyl sites for hydroxylation is 1. The Morgan fingerprint density at radius 3 is 2.71 bits per heavy atom. The van der Waals surface area contributed by atoms with Crippen LogP contribution in [0.15, 0.2) is 6.20 Å². The molecule has 118 valence electrons. The molecule has 2 aliphatic heterocycles. The van der Waals surface area contributed by atoms with Crippen molar-refractivity contribution in [2.45, 2.75) is 38.7 Å². The van der Waals surface area contributed by atoms with Gasteiger partial charge in [-0.05, 0) is 37.8 Å². The Hall–Kier alpha value is -1.01.